The second kappa shape index (κ2) is 5.99. The number of aromatic nitrogens is 1. The molecular weight excluding hydrogens is 286 g/mol. The van der Waals surface area contributed by atoms with Crippen LogP contribution in [0.5, 0.6) is 0 Å². The summed E-state index contributed by atoms with van der Waals surface area (Å²) in [5.41, 5.74) is 7.12. The summed E-state index contributed by atoms with van der Waals surface area (Å²) in [4.78, 5) is 16.6. The molecule has 1 aliphatic rings. The van der Waals surface area contributed by atoms with Gasteiger partial charge in [0.25, 0.3) is 5.91 Å². The van der Waals surface area contributed by atoms with Gasteiger partial charge in [-0.3, -0.25) is 4.79 Å². The molecule has 0 radical (unpaired) electrons. The van der Waals surface area contributed by atoms with Crippen molar-refractivity contribution in [3.63, 3.8) is 0 Å². The predicted octanol–water partition coefficient (Wildman–Crippen LogP) is 2.16. The van der Waals surface area contributed by atoms with Gasteiger partial charge >= 0.3 is 0 Å². The Kier molecular flexibility index (Phi) is 4.07. The fourth-order valence-electron chi connectivity index (χ4n) is 2.95. The number of rotatable bonds is 3. The third-order valence-electron chi connectivity index (χ3n) is 4.13. The quantitative estimate of drug-likeness (QED) is 0.811. The van der Waals surface area contributed by atoms with Crippen molar-refractivity contribution in [2.24, 2.45) is 5.92 Å². The van der Waals surface area contributed by atoms with E-state index in [1.807, 2.05) is 12.1 Å². The number of amides is 1. The summed E-state index contributed by atoms with van der Waals surface area (Å²) in [6.45, 7) is 0.134. The van der Waals surface area contributed by atoms with Crippen LogP contribution in [0.1, 0.15) is 36.0 Å². The van der Waals surface area contributed by atoms with E-state index >= 15 is 0 Å². The summed E-state index contributed by atoms with van der Waals surface area (Å²) in [6.07, 6.45) is 4.15. The lowest BCUT2D eigenvalue weighted by atomic mass is 9.85. The highest BCUT2D eigenvalue weighted by molar-refractivity contribution is 7.22. The molecule has 1 amide bonds. The molecule has 112 valence electrons. The summed E-state index contributed by atoms with van der Waals surface area (Å²) < 4.78 is 0.919. The molecule has 0 bridgehead atoms. The van der Waals surface area contributed by atoms with Crippen molar-refractivity contribution in [3.05, 3.63) is 23.8 Å². The SMILES string of the molecule is Nc1nc2ccc(C(=O)NC3CCCCC3CO)cc2s1. The van der Waals surface area contributed by atoms with Gasteiger partial charge in [0.15, 0.2) is 5.13 Å². The number of carbonyl (C=O) groups excluding carboxylic acids is 1. The molecule has 4 N–H and O–H groups in total. The van der Waals surface area contributed by atoms with Gasteiger partial charge in [-0.05, 0) is 31.0 Å². The van der Waals surface area contributed by atoms with Crippen LogP contribution in [0, 0.1) is 5.92 Å². The Morgan fingerprint density at radius 2 is 2.24 bits per heavy atom. The topological polar surface area (TPSA) is 88.2 Å². The van der Waals surface area contributed by atoms with Crippen molar-refractivity contribution < 1.29 is 9.90 Å². The van der Waals surface area contributed by atoms with E-state index in [0.29, 0.717) is 10.7 Å². The monoisotopic (exact) mass is 305 g/mol. The number of nitrogens with two attached hydrogens (primary N) is 1. The van der Waals surface area contributed by atoms with Crippen LogP contribution in [0.4, 0.5) is 5.13 Å². The van der Waals surface area contributed by atoms with Gasteiger partial charge in [-0.2, -0.15) is 0 Å². The molecule has 1 aromatic carbocycles. The van der Waals surface area contributed by atoms with E-state index in [1.54, 1.807) is 6.07 Å². The molecule has 2 atom stereocenters. The minimum atomic E-state index is -0.0887. The van der Waals surface area contributed by atoms with Crippen LogP contribution in [0.3, 0.4) is 0 Å². The number of hydrogen-bond donors (Lipinski definition) is 3. The fourth-order valence-corrected chi connectivity index (χ4v) is 3.73. The number of aliphatic hydroxyl groups is 1. The summed E-state index contributed by atoms with van der Waals surface area (Å²) in [7, 11) is 0. The van der Waals surface area contributed by atoms with E-state index in [9.17, 15) is 9.90 Å². The zero-order valence-corrected chi connectivity index (χ0v) is 12.5. The van der Waals surface area contributed by atoms with Gasteiger partial charge in [-0.25, -0.2) is 4.98 Å². The van der Waals surface area contributed by atoms with Crippen LogP contribution in [-0.4, -0.2) is 28.6 Å². The van der Waals surface area contributed by atoms with Crippen molar-refractivity contribution >= 4 is 32.6 Å². The Morgan fingerprint density at radius 1 is 1.43 bits per heavy atom. The van der Waals surface area contributed by atoms with E-state index in [2.05, 4.69) is 10.3 Å². The molecule has 1 aliphatic carbocycles. The molecule has 0 aliphatic heterocycles. The Hall–Kier alpha value is -1.66. The molecule has 21 heavy (non-hydrogen) atoms. The number of aliphatic hydroxyl groups excluding tert-OH is 1. The average Bonchev–Trinajstić information content (AvgIpc) is 2.86. The number of benzene rings is 1. The molecular formula is C15H19N3O2S. The first kappa shape index (κ1) is 14.3. The third kappa shape index (κ3) is 3.01. The molecule has 6 heteroatoms. The Balaban J connectivity index is 1.76. The maximum atomic E-state index is 12.4. The lowest BCUT2D eigenvalue weighted by Gasteiger charge is -2.30. The maximum absolute atomic E-state index is 12.4. The number of nitrogens with one attached hydrogen (secondary N) is 1. The first-order valence-electron chi connectivity index (χ1n) is 7.25. The highest BCUT2D eigenvalue weighted by Crippen LogP contribution is 2.26. The first-order valence-corrected chi connectivity index (χ1v) is 8.07. The lowest BCUT2D eigenvalue weighted by Crippen LogP contribution is -2.43. The molecule has 5 nitrogen and oxygen atoms in total. The highest BCUT2D eigenvalue weighted by atomic mass is 32.1. The molecule has 0 saturated heterocycles. The van der Waals surface area contributed by atoms with Crippen LogP contribution < -0.4 is 11.1 Å². The lowest BCUT2D eigenvalue weighted by molar-refractivity contribution is 0.0873. The van der Waals surface area contributed by atoms with E-state index in [0.717, 1.165) is 35.9 Å². The van der Waals surface area contributed by atoms with Crippen molar-refractivity contribution in [2.45, 2.75) is 31.7 Å². The summed E-state index contributed by atoms with van der Waals surface area (Å²) in [5.74, 6) is 0.0831. The van der Waals surface area contributed by atoms with Crippen molar-refractivity contribution in [1.82, 2.24) is 10.3 Å². The van der Waals surface area contributed by atoms with Gasteiger partial charge in [0.1, 0.15) is 0 Å². The zero-order valence-electron chi connectivity index (χ0n) is 11.7. The average molecular weight is 305 g/mol. The Morgan fingerprint density at radius 3 is 3.05 bits per heavy atom. The van der Waals surface area contributed by atoms with Crippen molar-refractivity contribution in [1.29, 1.82) is 0 Å². The van der Waals surface area contributed by atoms with Crippen LogP contribution in [0.2, 0.25) is 0 Å². The van der Waals surface area contributed by atoms with Crippen molar-refractivity contribution in [2.75, 3.05) is 12.3 Å². The number of fused-ring (bicyclic) bond motifs is 1. The number of thiazole rings is 1. The highest BCUT2D eigenvalue weighted by Gasteiger charge is 2.26. The maximum Gasteiger partial charge on any atom is 0.251 e. The normalized spacial score (nSPS) is 22.3. The molecule has 2 aromatic rings. The number of anilines is 1. The second-order valence-corrected chi connectivity index (χ2v) is 6.60. The summed E-state index contributed by atoms with van der Waals surface area (Å²) in [5, 5.41) is 13.0. The van der Waals surface area contributed by atoms with E-state index in [-0.39, 0.29) is 24.5 Å². The van der Waals surface area contributed by atoms with Gasteiger partial charge in [-0.15, -0.1) is 0 Å². The molecule has 1 aromatic heterocycles. The largest absolute Gasteiger partial charge is 0.396 e. The van der Waals surface area contributed by atoms with Crippen LogP contribution in [-0.2, 0) is 0 Å². The van der Waals surface area contributed by atoms with Crippen molar-refractivity contribution in [3.8, 4) is 0 Å². The van der Waals surface area contributed by atoms with E-state index < -0.39 is 0 Å². The summed E-state index contributed by atoms with van der Waals surface area (Å²) >= 11 is 1.38. The smallest absolute Gasteiger partial charge is 0.251 e. The Bertz CT molecular complexity index is 655. The summed E-state index contributed by atoms with van der Waals surface area (Å²) in [6, 6.07) is 5.49. The second-order valence-electron chi connectivity index (χ2n) is 5.54. The van der Waals surface area contributed by atoms with Crippen LogP contribution in [0.15, 0.2) is 18.2 Å². The van der Waals surface area contributed by atoms with E-state index in [4.69, 9.17) is 5.73 Å². The van der Waals surface area contributed by atoms with Crippen LogP contribution >= 0.6 is 11.3 Å². The van der Waals surface area contributed by atoms with Gasteiger partial charge in [-0.1, -0.05) is 24.2 Å². The zero-order chi connectivity index (χ0) is 14.8. The number of carbonyl (C=O) groups is 1. The molecule has 3 rings (SSSR count). The number of hydrogen-bond acceptors (Lipinski definition) is 5. The number of nitrogens with zero attached hydrogens (tertiary/aromatic N) is 1. The van der Waals surface area contributed by atoms with Gasteiger partial charge in [0.2, 0.25) is 0 Å². The van der Waals surface area contributed by atoms with Gasteiger partial charge in [0, 0.05) is 24.1 Å². The van der Waals surface area contributed by atoms with E-state index in [1.165, 1.54) is 11.3 Å². The predicted molar refractivity (Wildman–Crippen MR) is 84.3 cm³/mol. The van der Waals surface area contributed by atoms with Gasteiger partial charge in [0.05, 0.1) is 10.2 Å². The molecule has 2 unspecified atom stereocenters. The molecule has 1 fully saturated rings. The minimum absolute atomic E-state index is 0.0680. The standard InChI is InChI=1S/C15H19N3O2S/c16-15-18-12-6-5-9(7-13(12)21-15)14(20)17-11-4-2-1-3-10(11)8-19/h5-7,10-11,19H,1-4,8H2,(H2,16,18)(H,17,20). The van der Waals surface area contributed by atoms with Gasteiger partial charge < -0.3 is 16.2 Å². The molecule has 1 heterocycles. The molecule has 0 spiro atoms. The number of nitrogen functional groups attached to an aromatic ring is 1. The fraction of sp³-hybridized carbons (Fsp3) is 0.467. The Labute approximate surface area is 127 Å². The minimum Gasteiger partial charge on any atom is -0.396 e. The molecule has 1 saturated carbocycles. The first-order chi connectivity index (χ1) is 10.2. The third-order valence-corrected chi connectivity index (χ3v) is 4.97. The van der Waals surface area contributed by atoms with Crippen LogP contribution in [0.25, 0.3) is 10.2 Å².